The standard InChI is InChI=1S/C35H60N4O10S2.2C9H20O3Si4/c1-5-36-17-21-38(19-7-23-50(42,43)44)25-31(40)27-48-33-13-9-29(10-14-33)35(3,4)30-11-15-34(16-12-30)49-28-32(41)26-39(22-18-37-6-2)20-8-24-51(45,46)47;2*1-15-12-16(10-13,11-14)8-7-9-5-3-2-4-6-9/h9-16,31-32,36-37,40-41H,5-8,17-28H2,1-4H3,(H,42,43,44)(H,45,46,47);2*2-6H,7-8,15H2,1,13-14H3. The Morgan fingerprint density at radius 2 is 0.892 bits per heavy atom. The van der Waals surface area contributed by atoms with Gasteiger partial charge in [0.05, 0.1) is 11.5 Å². The highest BCUT2D eigenvalue weighted by Gasteiger charge is 2.37. The molecule has 0 saturated heterocycles. The molecule has 0 aliphatic rings. The number of hydrogen-bond acceptors (Lipinski definition) is 18. The second kappa shape index (κ2) is 42.4. The maximum Gasteiger partial charge on any atom is 0.468 e. The van der Waals surface area contributed by atoms with Crippen molar-refractivity contribution in [2.45, 2.75) is 96.2 Å². The summed E-state index contributed by atoms with van der Waals surface area (Å²) in [6, 6.07) is 38.1. The molecule has 30 heteroatoms. The lowest BCUT2D eigenvalue weighted by atomic mass is 9.78. The van der Waals surface area contributed by atoms with E-state index in [1.54, 1.807) is 0 Å². The van der Waals surface area contributed by atoms with Crippen molar-refractivity contribution in [2.75, 3.05) is 90.2 Å². The third-order valence-electron chi connectivity index (χ3n) is 13.5. The molecule has 4 aromatic carbocycles. The molecule has 0 aromatic heterocycles. The number of aliphatic hydroxyl groups excluding tert-OH is 2. The van der Waals surface area contributed by atoms with Crippen LogP contribution in [0.25, 0.3) is 0 Å². The van der Waals surface area contributed by atoms with E-state index >= 15 is 0 Å². The fourth-order valence-corrected chi connectivity index (χ4v) is 29.4. The Morgan fingerprint density at radius 1 is 0.554 bits per heavy atom. The Morgan fingerprint density at radius 3 is 1.18 bits per heavy atom. The molecule has 20 nitrogen and oxygen atoms in total. The van der Waals surface area contributed by atoms with Gasteiger partial charge in [0, 0.05) is 56.8 Å². The Labute approximate surface area is 516 Å². The fourth-order valence-electron chi connectivity index (χ4n) is 8.83. The van der Waals surface area contributed by atoms with E-state index in [4.69, 9.17) is 43.3 Å². The molecule has 0 aliphatic carbocycles. The van der Waals surface area contributed by atoms with Crippen molar-refractivity contribution in [3.8, 4) is 11.5 Å². The highest BCUT2D eigenvalue weighted by Crippen LogP contribution is 2.33. The van der Waals surface area contributed by atoms with Crippen LogP contribution in [-0.2, 0) is 63.2 Å². The summed E-state index contributed by atoms with van der Waals surface area (Å²) in [7, 11) is -10.7. The van der Waals surface area contributed by atoms with Crippen LogP contribution in [0.3, 0.4) is 0 Å². The number of likely N-dealkylation sites (N-methyl/N-ethyl adjacent to an activating group) is 2. The summed E-state index contributed by atoms with van der Waals surface area (Å²) in [6.07, 6.45) is 0.914. The minimum absolute atomic E-state index is 0.0665. The van der Waals surface area contributed by atoms with Crippen LogP contribution in [0.1, 0.15) is 62.8 Å². The van der Waals surface area contributed by atoms with Gasteiger partial charge < -0.3 is 55.0 Å². The first-order chi connectivity index (χ1) is 39.5. The summed E-state index contributed by atoms with van der Waals surface area (Å²) in [5.41, 5.74) is 4.43. The van der Waals surface area contributed by atoms with Gasteiger partial charge in [-0.05, 0) is 98.4 Å². The van der Waals surface area contributed by atoms with E-state index in [9.17, 15) is 27.0 Å². The summed E-state index contributed by atoms with van der Waals surface area (Å²) in [5, 5.41) is 27.7. The molecule has 83 heavy (non-hydrogen) atoms. The van der Waals surface area contributed by atoms with Crippen molar-refractivity contribution in [1.82, 2.24) is 20.4 Å². The second-order valence-electron chi connectivity index (χ2n) is 20.2. The average Bonchev–Trinajstić information content (AvgIpc) is 3.61. The van der Waals surface area contributed by atoms with Crippen molar-refractivity contribution in [2.24, 2.45) is 0 Å². The molecule has 0 spiro atoms. The van der Waals surface area contributed by atoms with Crippen LogP contribution in [0.4, 0.5) is 0 Å². The minimum Gasteiger partial charge on any atom is -0.491 e. The molecule has 0 aliphatic heterocycles. The lowest BCUT2D eigenvalue weighted by Crippen LogP contribution is -2.45. The maximum atomic E-state index is 11.1. The molecule has 2 atom stereocenters. The van der Waals surface area contributed by atoms with Gasteiger partial charge in [-0.25, -0.2) is 0 Å². The predicted octanol–water partition coefficient (Wildman–Crippen LogP) is -0.308. The topological polar surface area (TPSA) is 254 Å². The zero-order valence-corrected chi connectivity index (χ0v) is 65.5. The van der Waals surface area contributed by atoms with E-state index in [1.807, 2.05) is 84.3 Å². The van der Waals surface area contributed by atoms with E-state index in [1.165, 1.54) is 11.1 Å². The smallest absolute Gasteiger partial charge is 0.468 e. The van der Waals surface area contributed by atoms with E-state index < -0.39 is 69.6 Å². The second-order valence-corrected chi connectivity index (χ2v) is 37.1. The largest absolute Gasteiger partial charge is 0.491 e. The molecule has 0 amide bonds. The molecule has 2 unspecified atom stereocenters. The summed E-state index contributed by atoms with van der Waals surface area (Å²) in [5.74, 6) is 0.568. The summed E-state index contributed by atoms with van der Waals surface area (Å²) in [6.45, 7) is 18.3. The number of hydrogen-bond donors (Lipinski definition) is 6. The quantitative estimate of drug-likeness (QED) is 0.0189. The number of aryl methyl sites for hydroxylation is 2. The van der Waals surface area contributed by atoms with E-state index in [0.717, 1.165) is 49.1 Å². The van der Waals surface area contributed by atoms with Crippen LogP contribution in [0.5, 0.6) is 11.5 Å². The van der Waals surface area contributed by atoms with Crippen molar-refractivity contribution in [1.29, 1.82) is 0 Å². The fraction of sp³-hybridized carbons (Fsp3) is 0.547. The SMILES string of the molecule is CCNCCN(CCCS(=O)(=O)O)CC(O)COc1ccc(C(C)(C)c2ccc(OCC(O)CN(CCCS(=O)(=O)O)CCNCC)cc2)cc1.C[SiH2]O[Si](CCc1ccccc1)(O[SiH3])O[SiH3].C[SiH2]O[Si](CCc1ccccc1)(O[SiH3])O[SiH3]. The zero-order valence-electron chi connectivity index (χ0n) is 51.0. The first-order valence-electron chi connectivity index (χ1n) is 28.7. The minimum atomic E-state index is -4.03. The number of ether oxygens (including phenoxy) is 2. The van der Waals surface area contributed by atoms with Crippen LogP contribution >= 0.6 is 0 Å². The molecule has 6 N–H and O–H groups in total. The highest BCUT2D eigenvalue weighted by atomic mass is 32.2. The van der Waals surface area contributed by atoms with Crippen LogP contribution in [-0.4, -0.2) is 227 Å². The molecule has 4 aromatic rings. The molecule has 0 fully saturated rings. The van der Waals surface area contributed by atoms with E-state index in [0.29, 0.717) is 106 Å². The van der Waals surface area contributed by atoms with Crippen LogP contribution in [0.15, 0.2) is 109 Å². The first-order valence-corrected chi connectivity index (χ1v) is 43.0. The van der Waals surface area contributed by atoms with Gasteiger partial charge in [-0.1, -0.05) is 126 Å². The third kappa shape index (κ3) is 33.5. The van der Waals surface area contributed by atoms with Gasteiger partial charge in [-0.2, -0.15) is 16.8 Å². The van der Waals surface area contributed by atoms with Crippen molar-refractivity contribution < 1.29 is 70.3 Å². The van der Waals surface area contributed by atoms with Gasteiger partial charge >= 0.3 is 17.6 Å². The molecular weight excluding hydrogens is 1240 g/mol. The van der Waals surface area contributed by atoms with Crippen molar-refractivity contribution in [3.63, 3.8) is 0 Å². The van der Waals surface area contributed by atoms with E-state index in [-0.39, 0.29) is 43.0 Å². The van der Waals surface area contributed by atoms with Crippen molar-refractivity contribution in [3.05, 3.63) is 131 Å². The predicted molar refractivity (Wildman–Crippen MR) is 357 cm³/mol. The normalized spacial score (nSPS) is 14.6. The van der Waals surface area contributed by atoms with Gasteiger partial charge in [0.2, 0.25) is 0 Å². The van der Waals surface area contributed by atoms with Crippen LogP contribution in [0, 0.1) is 0 Å². The molecule has 0 saturated carbocycles. The molecule has 0 heterocycles. The van der Waals surface area contributed by atoms with Gasteiger partial charge in [0.25, 0.3) is 20.2 Å². The summed E-state index contributed by atoms with van der Waals surface area (Å²) in [4.78, 5) is 3.90. The summed E-state index contributed by atoms with van der Waals surface area (Å²) >= 11 is 0. The third-order valence-corrected chi connectivity index (χ3v) is 32.6. The highest BCUT2D eigenvalue weighted by molar-refractivity contribution is 7.86. The van der Waals surface area contributed by atoms with Gasteiger partial charge in [-0.3, -0.25) is 18.9 Å². The molecule has 0 radical (unpaired) electrons. The Kier molecular flexibility index (Phi) is 39.2. The number of nitrogens with one attached hydrogen (secondary N) is 2. The van der Waals surface area contributed by atoms with Crippen LogP contribution in [0.2, 0.25) is 25.2 Å². The summed E-state index contributed by atoms with van der Waals surface area (Å²) < 4.78 is 109. The lowest BCUT2D eigenvalue weighted by molar-refractivity contribution is 0.0684. The lowest BCUT2D eigenvalue weighted by Gasteiger charge is -2.27. The Hall–Kier alpha value is -2.44. The molecular formula is C53H100N4O16S2Si8. The number of rotatable bonds is 42. The van der Waals surface area contributed by atoms with Gasteiger partial charge in [0.15, 0.2) is 0 Å². The Balaban J connectivity index is 0.000000589. The molecule has 472 valence electrons. The van der Waals surface area contributed by atoms with Gasteiger partial charge in [0.1, 0.15) is 98.4 Å². The zero-order chi connectivity index (χ0) is 61.6. The van der Waals surface area contributed by atoms with Crippen molar-refractivity contribution >= 4 is 99.3 Å². The molecule has 0 bridgehead atoms. The van der Waals surface area contributed by atoms with Gasteiger partial charge in [-0.15, -0.1) is 0 Å². The first kappa shape index (κ1) is 76.7. The molecule has 4 rings (SSSR count). The van der Waals surface area contributed by atoms with E-state index in [2.05, 4.69) is 86.1 Å². The average molecular weight is 1340 g/mol. The number of benzene rings is 4. The number of aliphatic hydroxyl groups is 2. The Bertz CT molecular complexity index is 2340. The van der Waals surface area contributed by atoms with Crippen LogP contribution < -0.4 is 20.1 Å². The maximum absolute atomic E-state index is 11.1. The number of nitrogens with zero attached hydrogens (tertiary/aromatic N) is 2. The monoisotopic (exact) mass is 1340 g/mol.